The first kappa shape index (κ1) is 10.3. The normalized spacial score (nSPS) is 12.7. The number of benzene rings is 1. The van der Waals surface area contributed by atoms with E-state index in [-0.39, 0.29) is 11.9 Å². The molecule has 2 N–H and O–H groups in total. The average Bonchev–Trinajstić information content (AvgIpc) is 2.74. The average molecular weight is 221 g/mol. The highest BCUT2D eigenvalue weighted by molar-refractivity contribution is 7.08. The number of hydrogen-bond acceptors (Lipinski definition) is 2. The molecule has 1 nitrogen and oxygen atoms in total. The summed E-state index contributed by atoms with van der Waals surface area (Å²) in [5, 5.41) is 3.90. The van der Waals surface area contributed by atoms with Crippen molar-refractivity contribution in [3.05, 3.63) is 57.5 Å². The summed E-state index contributed by atoms with van der Waals surface area (Å²) >= 11 is 1.57. The van der Waals surface area contributed by atoms with E-state index in [0.717, 1.165) is 11.1 Å². The smallest absolute Gasteiger partial charge is 0.128 e. The van der Waals surface area contributed by atoms with E-state index in [1.807, 2.05) is 23.8 Å². The summed E-state index contributed by atoms with van der Waals surface area (Å²) < 4.78 is 13.5. The van der Waals surface area contributed by atoms with Crippen molar-refractivity contribution < 1.29 is 4.39 Å². The maximum Gasteiger partial charge on any atom is 0.128 e. The Labute approximate surface area is 92.4 Å². The van der Waals surface area contributed by atoms with Gasteiger partial charge in [-0.15, -0.1) is 0 Å². The molecule has 0 spiro atoms. The van der Waals surface area contributed by atoms with Gasteiger partial charge in [0.05, 0.1) is 6.04 Å². The zero-order valence-electron chi connectivity index (χ0n) is 8.41. The van der Waals surface area contributed by atoms with E-state index < -0.39 is 0 Å². The Bertz CT molecular complexity index is 451. The third kappa shape index (κ3) is 2.08. The second-order valence-electron chi connectivity index (χ2n) is 3.56. The highest BCUT2D eigenvalue weighted by atomic mass is 32.1. The number of hydrogen-bond donors (Lipinski definition) is 1. The predicted octanol–water partition coefficient (Wildman–Crippen LogP) is 3.24. The van der Waals surface area contributed by atoms with E-state index in [1.54, 1.807) is 23.5 Å². The molecule has 1 heterocycles. The van der Waals surface area contributed by atoms with E-state index in [2.05, 4.69) is 0 Å². The van der Waals surface area contributed by atoms with E-state index in [9.17, 15) is 4.39 Å². The van der Waals surface area contributed by atoms with Crippen molar-refractivity contribution in [2.24, 2.45) is 5.73 Å². The molecule has 0 aliphatic heterocycles. The third-order valence-electron chi connectivity index (χ3n) is 2.39. The molecule has 0 amide bonds. The Hall–Kier alpha value is -1.19. The van der Waals surface area contributed by atoms with Gasteiger partial charge in [0.2, 0.25) is 0 Å². The molecule has 78 valence electrons. The van der Waals surface area contributed by atoms with Crippen LogP contribution in [-0.4, -0.2) is 0 Å². The van der Waals surface area contributed by atoms with Crippen molar-refractivity contribution in [1.29, 1.82) is 0 Å². The Morgan fingerprint density at radius 1 is 1.33 bits per heavy atom. The summed E-state index contributed by atoms with van der Waals surface area (Å²) in [6, 6.07) is 6.58. The number of halogens is 1. The van der Waals surface area contributed by atoms with E-state index in [1.165, 1.54) is 6.07 Å². The Morgan fingerprint density at radius 3 is 2.80 bits per heavy atom. The summed E-state index contributed by atoms with van der Waals surface area (Å²) in [6.07, 6.45) is 0. The molecular weight excluding hydrogens is 209 g/mol. The van der Waals surface area contributed by atoms with Gasteiger partial charge >= 0.3 is 0 Å². The number of rotatable bonds is 2. The molecule has 3 heteroatoms. The number of thiophene rings is 1. The van der Waals surface area contributed by atoms with Crippen LogP contribution >= 0.6 is 11.3 Å². The van der Waals surface area contributed by atoms with Gasteiger partial charge in [0.25, 0.3) is 0 Å². The van der Waals surface area contributed by atoms with Crippen LogP contribution in [0.15, 0.2) is 35.0 Å². The predicted molar refractivity (Wildman–Crippen MR) is 61.5 cm³/mol. The first-order valence-electron chi connectivity index (χ1n) is 4.72. The van der Waals surface area contributed by atoms with Crippen molar-refractivity contribution in [2.75, 3.05) is 0 Å². The summed E-state index contributed by atoms with van der Waals surface area (Å²) in [6.45, 7) is 1.93. The molecule has 2 aromatic rings. The monoisotopic (exact) mass is 221 g/mol. The minimum absolute atomic E-state index is 0.237. The molecule has 1 aromatic heterocycles. The van der Waals surface area contributed by atoms with Gasteiger partial charge in [0.15, 0.2) is 0 Å². The molecule has 0 saturated heterocycles. The van der Waals surface area contributed by atoms with Gasteiger partial charge < -0.3 is 5.73 Å². The third-order valence-corrected chi connectivity index (χ3v) is 3.09. The van der Waals surface area contributed by atoms with Crippen LogP contribution in [0.2, 0.25) is 0 Å². The maximum absolute atomic E-state index is 13.5. The molecule has 0 aliphatic rings. The highest BCUT2D eigenvalue weighted by Gasteiger charge is 2.13. The molecule has 1 aromatic carbocycles. The molecule has 15 heavy (non-hydrogen) atoms. The molecule has 0 saturated carbocycles. The van der Waals surface area contributed by atoms with E-state index in [4.69, 9.17) is 5.73 Å². The summed E-state index contributed by atoms with van der Waals surface area (Å²) in [4.78, 5) is 0. The van der Waals surface area contributed by atoms with Crippen molar-refractivity contribution in [3.63, 3.8) is 0 Å². The Kier molecular flexibility index (Phi) is 2.84. The van der Waals surface area contributed by atoms with Crippen molar-refractivity contribution in [2.45, 2.75) is 13.0 Å². The van der Waals surface area contributed by atoms with Crippen LogP contribution in [0.1, 0.15) is 22.7 Å². The van der Waals surface area contributed by atoms with Gasteiger partial charge in [-0.1, -0.05) is 17.7 Å². The van der Waals surface area contributed by atoms with Crippen molar-refractivity contribution in [3.8, 4) is 0 Å². The van der Waals surface area contributed by atoms with Crippen LogP contribution in [0.3, 0.4) is 0 Å². The fourth-order valence-electron chi connectivity index (χ4n) is 1.53. The van der Waals surface area contributed by atoms with E-state index in [0.29, 0.717) is 5.56 Å². The lowest BCUT2D eigenvalue weighted by Gasteiger charge is -2.12. The second-order valence-corrected chi connectivity index (χ2v) is 4.34. The Balaban J connectivity index is 2.41. The van der Waals surface area contributed by atoms with Gasteiger partial charge in [0.1, 0.15) is 5.82 Å². The molecule has 0 aliphatic carbocycles. The topological polar surface area (TPSA) is 26.0 Å². The molecule has 0 fully saturated rings. The Morgan fingerprint density at radius 2 is 2.13 bits per heavy atom. The lowest BCUT2D eigenvalue weighted by molar-refractivity contribution is 0.599. The lowest BCUT2D eigenvalue weighted by Crippen LogP contribution is -2.12. The lowest BCUT2D eigenvalue weighted by atomic mass is 10.00. The van der Waals surface area contributed by atoms with Crippen LogP contribution in [0.4, 0.5) is 4.39 Å². The van der Waals surface area contributed by atoms with Crippen molar-refractivity contribution >= 4 is 11.3 Å². The van der Waals surface area contributed by atoms with Gasteiger partial charge in [-0.3, -0.25) is 0 Å². The molecular formula is C12H12FNS. The van der Waals surface area contributed by atoms with Crippen LogP contribution in [-0.2, 0) is 0 Å². The standard InChI is InChI=1S/C12H12FNS/c1-8-2-3-11(13)10(6-8)12(14)9-4-5-15-7-9/h2-7,12H,14H2,1H3/t12-/m1/s1. The quantitative estimate of drug-likeness (QED) is 0.827. The fourth-order valence-corrected chi connectivity index (χ4v) is 2.23. The summed E-state index contributed by atoms with van der Waals surface area (Å²) in [7, 11) is 0. The highest BCUT2D eigenvalue weighted by Crippen LogP contribution is 2.24. The number of aryl methyl sites for hydroxylation is 1. The van der Waals surface area contributed by atoms with Crippen LogP contribution in [0, 0.1) is 12.7 Å². The molecule has 1 atom stereocenters. The number of nitrogens with two attached hydrogens (primary N) is 1. The molecule has 0 unspecified atom stereocenters. The minimum atomic E-state index is -0.365. The second kappa shape index (κ2) is 4.13. The van der Waals surface area contributed by atoms with Crippen LogP contribution in [0.5, 0.6) is 0 Å². The molecule has 0 radical (unpaired) electrons. The maximum atomic E-state index is 13.5. The van der Waals surface area contributed by atoms with Gasteiger partial charge in [-0.25, -0.2) is 4.39 Å². The van der Waals surface area contributed by atoms with Gasteiger partial charge in [0, 0.05) is 5.56 Å². The zero-order chi connectivity index (χ0) is 10.8. The van der Waals surface area contributed by atoms with Gasteiger partial charge in [-0.2, -0.15) is 11.3 Å². The first-order valence-corrected chi connectivity index (χ1v) is 5.66. The summed E-state index contributed by atoms with van der Waals surface area (Å²) in [5.74, 6) is -0.237. The zero-order valence-corrected chi connectivity index (χ0v) is 9.22. The largest absolute Gasteiger partial charge is 0.320 e. The summed E-state index contributed by atoms with van der Waals surface area (Å²) in [5.41, 5.74) is 8.55. The van der Waals surface area contributed by atoms with Crippen LogP contribution < -0.4 is 5.73 Å². The van der Waals surface area contributed by atoms with Crippen molar-refractivity contribution in [1.82, 2.24) is 0 Å². The van der Waals surface area contributed by atoms with E-state index >= 15 is 0 Å². The SMILES string of the molecule is Cc1ccc(F)c([C@H](N)c2ccsc2)c1. The minimum Gasteiger partial charge on any atom is -0.320 e. The van der Waals surface area contributed by atoms with Gasteiger partial charge in [-0.05, 0) is 35.4 Å². The molecule has 0 bridgehead atoms. The first-order chi connectivity index (χ1) is 7.18. The molecule has 2 rings (SSSR count). The fraction of sp³-hybridized carbons (Fsp3) is 0.167. The van der Waals surface area contributed by atoms with Crippen LogP contribution in [0.25, 0.3) is 0 Å².